The molecule has 0 aliphatic rings. The number of anilines is 1. The van der Waals surface area contributed by atoms with Crippen LogP contribution >= 0.6 is 0 Å². The number of rotatable bonds is 3. The van der Waals surface area contributed by atoms with Crippen molar-refractivity contribution in [3.05, 3.63) is 59.2 Å². The van der Waals surface area contributed by atoms with Gasteiger partial charge in [-0.3, -0.25) is 0 Å². The third-order valence-electron chi connectivity index (χ3n) is 2.96. The molecule has 2 N–H and O–H groups in total. The first-order chi connectivity index (χ1) is 9.29. The van der Waals surface area contributed by atoms with E-state index in [1.54, 1.807) is 6.92 Å². The molecule has 0 bridgehead atoms. The van der Waals surface area contributed by atoms with Gasteiger partial charge in [0.05, 0.1) is 16.3 Å². The number of benzene rings is 2. The van der Waals surface area contributed by atoms with Gasteiger partial charge in [-0.05, 0) is 48.4 Å². The molecule has 0 spiro atoms. The van der Waals surface area contributed by atoms with Crippen molar-refractivity contribution >= 4 is 15.5 Å². The number of aryl methyl sites for hydroxylation is 1. The molecule has 0 amide bonds. The molecule has 0 radical (unpaired) electrons. The Balaban J connectivity index is 2.43. The standard InChI is InChI=1S/C14H13F2NO2S/c1-9-2-3-11(15)6-10(9)8-20(18,19)14-5-4-12(16)7-13(14)17/h2-7H,8,17H2,1H3. The maximum Gasteiger partial charge on any atom is 0.184 e. The topological polar surface area (TPSA) is 60.2 Å². The van der Waals surface area contributed by atoms with Gasteiger partial charge in [0.1, 0.15) is 11.6 Å². The normalized spacial score (nSPS) is 11.6. The van der Waals surface area contributed by atoms with E-state index in [0.29, 0.717) is 11.1 Å². The summed E-state index contributed by atoms with van der Waals surface area (Å²) >= 11 is 0. The highest BCUT2D eigenvalue weighted by atomic mass is 32.2. The van der Waals surface area contributed by atoms with Crippen LogP contribution in [0, 0.1) is 18.6 Å². The lowest BCUT2D eigenvalue weighted by Crippen LogP contribution is -2.09. The van der Waals surface area contributed by atoms with Gasteiger partial charge in [0, 0.05) is 0 Å². The van der Waals surface area contributed by atoms with Crippen LogP contribution in [0.4, 0.5) is 14.5 Å². The second kappa shape index (κ2) is 5.20. The minimum Gasteiger partial charge on any atom is -0.398 e. The van der Waals surface area contributed by atoms with Crippen molar-refractivity contribution in [3.63, 3.8) is 0 Å². The number of hydrogen-bond donors (Lipinski definition) is 1. The van der Waals surface area contributed by atoms with Crippen molar-refractivity contribution in [2.24, 2.45) is 0 Å². The largest absolute Gasteiger partial charge is 0.398 e. The van der Waals surface area contributed by atoms with E-state index in [1.165, 1.54) is 18.2 Å². The second-order valence-corrected chi connectivity index (χ2v) is 6.47. The Kier molecular flexibility index (Phi) is 3.76. The Hall–Kier alpha value is -1.95. The van der Waals surface area contributed by atoms with Gasteiger partial charge in [-0.25, -0.2) is 17.2 Å². The van der Waals surface area contributed by atoms with Gasteiger partial charge in [-0.15, -0.1) is 0 Å². The molecule has 2 rings (SSSR count). The Morgan fingerprint density at radius 2 is 1.65 bits per heavy atom. The first-order valence-corrected chi connectivity index (χ1v) is 7.47. The molecule has 0 heterocycles. The number of sulfone groups is 1. The maximum absolute atomic E-state index is 13.2. The number of halogens is 2. The zero-order valence-corrected chi connectivity index (χ0v) is 11.5. The molecule has 20 heavy (non-hydrogen) atoms. The van der Waals surface area contributed by atoms with Gasteiger partial charge in [-0.2, -0.15) is 0 Å². The van der Waals surface area contributed by atoms with Gasteiger partial charge >= 0.3 is 0 Å². The summed E-state index contributed by atoms with van der Waals surface area (Å²) in [5.41, 5.74) is 6.40. The van der Waals surface area contributed by atoms with Gasteiger partial charge in [0.2, 0.25) is 0 Å². The zero-order valence-electron chi connectivity index (χ0n) is 10.7. The van der Waals surface area contributed by atoms with Crippen LogP contribution < -0.4 is 5.73 Å². The first-order valence-electron chi connectivity index (χ1n) is 5.82. The fourth-order valence-corrected chi connectivity index (χ4v) is 3.45. The summed E-state index contributed by atoms with van der Waals surface area (Å²) in [6.45, 7) is 1.69. The van der Waals surface area contributed by atoms with Crippen LogP contribution in [0.1, 0.15) is 11.1 Å². The Labute approximate surface area is 116 Å². The summed E-state index contributed by atoms with van der Waals surface area (Å²) in [6, 6.07) is 7.04. The average molecular weight is 297 g/mol. The smallest absolute Gasteiger partial charge is 0.184 e. The predicted octanol–water partition coefficient (Wildman–Crippen LogP) is 2.83. The van der Waals surface area contributed by atoms with Gasteiger partial charge < -0.3 is 5.73 Å². The molecule has 0 saturated carbocycles. The minimum absolute atomic E-state index is 0.150. The molecule has 0 unspecified atom stereocenters. The molecule has 0 aromatic heterocycles. The Morgan fingerprint density at radius 1 is 1.05 bits per heavy atom. The quantitative estimate of drug-likeness (QED) is 0.700. The fourth-order valence-electron chi connectivity index (χ4n) is 1.88. The average Bonchev–Trinajstić information content (AvgIpc) is 2.33. The van der Waals surface area contributed by atoms with Gasteiger partial charge in [0.25, 0.3) is 0 Å². The van der Waals surface area contributed by atoms with Crippen molar-refractivity contribution in [1.82, 2.24) is 0 Å². The van der Waals surface area contributed by atoms with E-state index < -0.39 is 21.5 Å². The Morgan fingerprint density at radius 3 is 2.30 bits per heavy atom. The molecule has 0 atom stereocenters. The van der Waals surface area contributed by atoms with Crippen molar-refractivity contribution < 1.29 is 17.2 Å². The van der Waals surface area contributed by atoms with Crippen molar-refractivity contribution in [2.45, 2.75) is 17.6 Å². The molecule has 0 fully saturated rings. The molecule has 0 aliphatic heterocycles. The summed E-state index contributed by atoms with van der Waals surface area (Å²) in [4.78, 5) is -0.150. The lowest BCUT2D eigenvalue weighted by Gasteiger charge is -2.09. The lowest BCUT2D eigenvalue weighted by molar-refractivity contribution is 0.594. The van der Waals surface area contributed by atoms with E-state index in [0.717, 1.165) is 18.2 Å². The predicted molar refractivity (Wildman–Crippen MR) is 72.8 cm³/mol. The summed E-state index contributed by atoms with van der Waals surface area (Å²) in [5, 5.41) is 0. The zero-order chi connectivity index (χ0) is 14.9. The first kappa shape index (κ1) is 14.5. The van der Waals surface area contributed by atoms with Crippen LogP contribution in [0.5, 0.6) is 0 Å². The van der Waals surface area contributed by atoms with E-state index in [-0.39, 0.29) is 16.3 Å². The highest BCUT2D eigenvalue weighted by Gasteiger charge is 2.20. The summed E-state index contributed by atoms with van der Waals surface area (Å²) in [6.07, 6.45) is 0. The van der Waals surface area contributed by atoms with Crippen molar-refractivity contribution in [3.8, 4) is 0 Å². The Bertz CT molecular complexity index is 758. The van der Waals surface area contributed by atoms with E-state index in [1.807, 2.05) is 0 Å². The van der Waals surface area contributed by atoms with E-state index in [2.05, 4.69) is 0 Å². The highest BCUT2D eigenvalue weighted by Crippen LogP contribution is 2.24. The third kappa shape index (κ3) is 2.96. The molecule has 0 aliphatic carbocycles. The van der Waals surface area contributed by atoms with Crippen molar-refractivity contribution in [1.29, 1.82) is 0 Å². The van der Waals surface area contributed by atoms with Crippen molar-refractivity contribution in [2.75, 3.05) is 5.73 Å². The van der Waals surface area contributed by atoms with Crippen LogP contribution in [0.3, 0.4) is 0 Å². The molecule has 6 heteroatoms. The molecule has 2 aromatic rings. The number of nitrogen functional groups attached to an aromatic ring is 1. The van der Waals surface area contributed by atoms with E-state index in [4.69, 9.17) is 5.73 Å². The molecule has 0 saturated heterocycles. The van der Waals surface area contributed by atoms with Crippen LogP contribution in [0.15, 0.2) is 41.3 Å². The molecular formula is C14H13F2NO2S. The van der Waals surface area contributed by atoms with Gasteiger partial charge in [-0.1, -0.05) is 6.07 Å². The van der Waals surface area contributed by atoms with Crippen LogP contribution in [-0.4, -0.2) is 8.42 Å². The molecular weight excluding hydrogens is 284 g/mol. The SMILES string of the molecule is Cc1ccc(F)cc1CS(=O)(=O)c1ccc(F)cc1N. The number of hydrogen-bond acceptors (Lipinski definition) is 3. The number of nitrogens with two attached hydrogens (primary N) is 1. The fraction of sp³-hybridized carbons (Fsp3) is 0.143. The van der Waals surface area contributed by atoms with Gasteiger partial charge in [0.15, 0.2) is 9.84 Å². The molecule has 106 valence electrons. The van der Waals surface area contributed by atoms with Crippen LogP contribution in [0.25, 0.3) is 0 Å². The second-order valence-electron chi connectivity index (χ2n) is 4.51. The van der Waals surface area contributed by atoms with Crippen LogP contribution in [0.2, 0.25) is 0 Å². The summed E-state index contributed by atoms with van der Waals surface area (Å²) < 4.78 is 50.7. The van der Waals surface area contributed by atoms with E-state index >= 15 is 0 Å². The molecule has 2 aromatic carbocycles. The summed E-state index contributed by atoms with van der Waals surface area (Å²) in [5.74, 6) is -1.50. The molecule has 3 nitrogen and oxygen atoms in total. The highest BCUT2D eigenvalue weighted by molar-refractivity contribution is 7.90. The maximum atomic E-state index is 13.2. The monoisotopic (exact) mass is 297 g/mol. The third-order valence-corrected chi connectivity index (χ3v) is 4.70. The lowest BCUT2D eigenvalue weighted by atomic mass is 10.1. The van der Waals surface area contributed by atoms with Crippen LogP contribution in [-0.2, 0) is 15.6 Å². The van der Waals surface area contributed by atoms with E-state index in [9.17, 15) is 17.2 Å². The minimum atomic E-state index is -3.76. The summed E-state index contributed by atoms with van der Waals surface area (Å²) in [7, 11) is -3.76.